The summed E-state index contributed by atoms with van der Waals surface area (Å²) in [5, 5.41) is 0. The van der Waals surface area contributed by atoms with Gasteiger partial charge >= 0.3 is 5.97 Å². The standard InChI is InChI=1S/C13H17NO5/c1-17-13(16)11-9-14(6-8-19-11)12(15)5-4-10-3-2-7-18-10/h2-3,7,11H,4-6,8-9H2,1H3. The van der Waals surface area contributed by atoms with Crippen LogP contribution in [0.4, 0.5) is 0 Å². The van der Waals surface area contributed by atoms with Gasteiger partial charge in [-0.15, -0.1) is 0 Å². The van der Waals surface area contributed by atoms with Crippen molar-refractivity contribution in [3.63, 3.8) is 0 Å². The van der Waals surface area contributed by atoms with Crippen LogP contribution in [0.5, 0.6) is 0 Å². The number of morpholine rings is 1. The van der Waals surface area contributed by atoms with Crippen molar-refractivity contribution < 1.29 is 23.5 Å². The third-order valence-corrected chi connectivity index (χ3v) is 3.05. The SMILES string of the molecule is COC(=O)C1CN(C(=O)CCc2ccco2)CCO1. The number of amides is 1. The van der Waals surface area contributed by atoms with Gasteiger partial charge in [0.25, 0.3) is 0 Å². The van der Waals surface area contributed by atoms with Crippen LogP contribution in [0, 0.1) is 0 Å². The summed E-state index contributed by atoms with van der Waals surface area (Å²) < 4.78 is 15.1. The molecule has 1 amide bonds. The number of hydrogen-bond donors (Lipinski definition) is 0. The number of carbonyl (C=O) groups is 2. The van der Waals surface area contributed by atoms with Crippen LogP contribution >= 0.6 is 0 Å². The van der Waals surface area contributed by atoms with Crippen LogP contribution in [0.15, 0.2) is 22.8 Å². The number of ether oxygens (including phenoxy) is 2. The Morgan fingerprint density at radius 3 is 3.05 bits per heavy atom. The number of nitrogens with zero attached hydrogens (tertiary/aromatic N) is 1. The van der Waals surface area contributed by atoms with Gasteiger partial charge in [0.1, 0.15) is 5.76 Å². The van der Waals surface area contributed by atoms with Crippen LogP contribution in [0.25, 0.3) is 0 Å². The second-order valence-electron chi connectivity index (χ2n) is 4.30. The molecule has 0 N–H and O–H groups in total. The number of carbonyl (C=O) groups excluding carboxylic acids is 2. The van der Waals surface area contributed by atoms with Crippen molar-refractivity contribution in [2.24, 2.45) is 0 Å². The van der Waals surface area contributed by atoms with Crippen LogP contribution in [-0.4, -0.2) is 49.7 Å². The molecule has 6 nitrogen and oxygen atoms in total. The molecule has 1 saturated heterocycles. The second-order valence-corrected chi connectivity index (χ2v) is 4.30. The van der Waals surface area contributed by atoms with Gasteiger partial charge in [0.2, 0.25) is 5.91 Å². The lowest BCUT2D eigenvalue weighted by molar-refractivity contribution is -0.162. The number of aryl methyl sites for hydroxylation is 1. The number of hydrogen-bond acceptors (Lipinski definition) is 5. The first kappa shape index (κ1) is 13.6. The molecule has 6 heteroatoms. The van der Waals surface area contributed by atoms with Gasteiger partial charge in [0.15, 0.2) is 6.10 Å². The van der Waals surface area contributed by atoms with E-state index in [4.69, 9.17) is 9.15 Å². The van der Waals surface area contributed by atoms with Crippen molar-refractivity contribution >= 4 is 11.9 Å². The van der Waals surface area contributed by atoms with Gasteiger partial charge in [-0.1, -0.05) is 0 Å². The molecule has 19 heavy (non-hydrogen) atoms. The zero-order chi connectivity index (χ0) is 13.7. The fourth-order valence-corrected chi connectivity index (χ4v) is 1.99. The molecule has 1 atom stereocenters. The van der Waals surface area contributed by atoms with E-state index in [9.17, 15) is 9.59 Å². The molecule has 0 radical (unpaired) electrons. The molecule has 1 fully saturated rings. The van der Waals surface area contributed by atoms with Crippen molar-refractivity contribution in [3.8, 4) is 0 Å². The predicted molar refractivity (Wildman–Crippen MR) is 65.4 cm³/mol. The lowest BCUT2D eigenvalue weighted by Crippen LogP contribution is -2.48. The Balaban J connectivity index is 1.83. The van der Waals surface area contributed by atoms with E-state index in [1.54, 1.807) is 17.2 Å². The van der Waals surface area contributed by atoms with Crippen molar-refractivity contribution in [2.75, 3.05) is 26.8 Å². The molecular weight excluding hydrogens is 250 g/mol. The van der Waals surface area contributed by atoms with Crippen LogP contribution in [-0.2, 0) is 25.5 Å². The number of methoxy groups -OCH3 is 1. The van der Waals surface area contributed by atoms with E-state index in [1.807, 2.05) is 6.07 Å². The van der Waals surface area contributed by atoms with Gasteiger partial charge in [-0.2, -0.15) is 0 Å². The first-order chi connectivity index (χ1) is 9.20. The second kappa shape index (κ2) is 6.38. The third kappa shape index (κ3) is 3.57. The maximum Gasteiger partial charge on any atom is 0.336 e. The lowest BCUT2D eigenvalue weighted by atomic mass is 10.2. The molecule has 1 aromatic rings. The largest absolute Gasteiger partial charge is 0.469 e. The molecule has 1 unspecified atom stereocenters. The topological polar surface area (TPSA) is 69.0 Å². The summed E-state index contributed by atoms with van der Waals surface area (Å²) >= 11 is 0. The molecule has 1 aliphatic heterocycles. The summed E-state index contributed by atoms with van der Waals surface area (Å²) in [6.45, 7) is 1.11. The molecule has 2 heterocycles. The van der Waals surface area contributed by atoms with Crippen molar-refractivity contribution in [1.82, 2.24) is 4.90 Å². The van der Waals surface area contributed by atoms with Gasteiger partial charge in [-0.25, -0.2) is 4.79 Å². The molecule has 0 aromatic carbocycles. The van der Waals surface area contributed by atoms with E-state index < -0.39 is 12.1 Å². The summed E-state index contributed by atoms with van der Waals surface area (Å²) in [6.07, 6.45) is 1.83. The normalized spacial score (nSPS) is 19.2. The van der Waals surface area contributed by atoms with Gasteiger partial charge in [-0.3, -0.25) is 4.79 Å². The molecule has 0 aliphatic carbocycles. The molecule has 1 aromatic heterocycles. The maximum atomic E-state index is 12.0. The summed E-state index contributed by atoms with van der Waals surface area (Å²) in [6, 6.07) is 3.63. The zero-order valence-corrected chi connectivity index (χ0v) is 10.8. The fraction of sp³-hybridized carbons (Fsp3) is 0.538. The summed E-state index contributed by atoms with van der Waals surface area (Å²) in [5.74, 6) is 0.336. The first-order valence-corrected chi connectivity index (χ1v) is 6.20. The Bertz CT molecular complexity index is 428. The molecule has 0 saturated carbocycles. The van der Waals surface area contributed by atoms with Crippen LogP contribution < -0.4 is 0 Å². The van der Waals surface area contributed by atoms with E-state index in [2.05, 4.69) is 4.74 Å². The summed E-state index contributed by atoms with van der Waals surface area (Å²) in [4.78, 5) is 25.0. The van der Waals surface area contributed by atoms with Gasteiger partial charge in [-0.05, 0) is 12.1 Å². The molecular formula is C13H17NO5. The highest BCUT2D eigenvalue weighted by Crippen LogP contribution is 2.10. The number of furan rings is 1. The number of rotatable bonds is 4. The van der Waals surface area contributed by atoms with Crippen molar-refractivity contribution in [3.05, 3.63) is 24.2 Å². The highest BCUT2D eigenvalue weighted by atomic mass is 16.6. The Labute approximate surface area is 111 Å². The highest BCUT2D eigenvalue weighted by molar-refractivity contribution is 5.79. The van der Waals surface area contributed by atoms with E-state index in [-0.39, 0.29) is 12.5 Å². The van der Waals surface area contributed by atoms with Gasteiger partial charge in [0.05, 0.1) is 26.5 Å². The molecule has 1 aliphatic rings. The fourth-order valence-electron chi connectivity index (χ4n) is 1.99. The van der Waals surface area contributed by atoms with E-state index >= 15 is 0 Å². The average molecular weight is 267 g/mol. The number of esters is 1. The third-order valence-electron chi connectivity index (χ3n) is 3.05. The molecule has 0 spiro atoms. The summed E-state index contributed by atoms with van der Waals surface area (Å²) in [5.41, 5.74) is 0. The predicted octanol–water partition coefficient (Wildman–Crippen LogP) is 0.613. The Morgan fingerprint density at radius 1 is 1.53 bits per heavy atom. The minimum atomic E-state index is -0.675. The quantitative estimate of drug-likeness (QED) is 0.748. The Hall–Kier alpha value is -1.82. The highest BCUT2D eigenvalue weighted by Gasteiger charge is 2.29. The molecule has 104 valence electrons. The van der Waals surface area contributed by atoms with E-state index in [0.29, 0.717) is 26.0 Å². The van der Waals surface area contributed by atoms with Crippen LogP contribution in [0.2, 0.25) is 0 Å². The van der Waals surface area contributed by atoms with Crippen LogP contribution in [0.1, 0.15) is 12.2 Å². The summed E-state index contributed by atoms with van der Waals surface area (Å²) in [7, 11) is 1.31. The van der Waals surface area contributed by atoms with Crippen LogP contribution in [0.3, 0.4) is 0 Å². The maximum absolute atomic E-state index is 12.0. The lowest BCUT2D eigenvalue weighted by Gasteiger charge is -2.31. The monoisotopic (exact) mass is 267 g/mol. The Morgan fingerprint density at radius 2 is 2.37 bits per heavy atom. The zero-order valence-electron chi connectivity index (χ0n) is 10.8. The van der Waals surface area contributed by atoms with Gasteiger partial charge in [0, 0.05) is 19.4 Å². The molecule has 2 rings (SSSR count). The van der Waals surface area contributed by atoms with Crippen molar-refractivity contribution in [1.29, 1.82) is 0 Å². The average Bonchev–Trinajstić information content (AvgIpc) is 2.97. The smallest absolute Gasteiger partial charge is 0.336 e. The molecule has 0 bridgehead atoms. The van der Waals surface area contributed by atoms with Crippen molar-refractivity contribution in [2.45, 2.75) is 18.9 Å². The van der Waals surface area contributed by atoms with Gasteiger partial charge < -0.3 is 18.8 Å². The first-order valence-electron chi connectivity index (χ1n) is 6.20. The minimum absolute atomic E-state index is 0.00592. The van der Waals surface area contributed by atoms with E-state index in [1.165, 1.54) is 7.11 Å². The Kier molecular flexibility index (Phi) is 4.57. The minimum Gasteiger partial charge on any atom is -0.469 e. The van der Waals surface area contributed by atoms with E-state index in [0.717, 1.165) is 5.76 Å².